The van der Waals surface area contributed by atoms with Crippen molar-refractivity contribution in [2.75, 3.05) is 0 Å². The lowest BCUT2D eigenvalue weighted by Crippen LogP contribution is -2.06. The fourth-order valence-electron chi connectivity index (χ4n) is 1.11. The van der Waals surface area contributed by atoms with Crippen LogP contribution in [-0.4, -0.2) is 16.9 Å². The molecule has 0 aromatic heterocycles. The van der Waals surface area contributed by atoms with Crippen LogP contribution in [-0.2, 0) is 4.79 Å². The minimum Gasteiger partial charge on any atom is -0.481 e. The van der Waals surface area contributed by atoms with Crippen LogP contribution in [0.25, 0.3) is 0 Å². The third-order valence-corrected chi connectivity index (χ3v) is 2.47. The lowest BCUT2D eigenvalue weighted by Gasteiger charge is -2.03. The van der Waals surface area contributed by atoms with Crippen LogP contribution in [0.5, 0.6) is 0 Å². The Balaban J connectivity index is 2.86. The van der Waals surface area contributed by atoms with Gasteiger partial charge in [-0.15, -0.1) is 0 Å². The zero-order valence-electron chi connectivity index (χ0n) is 7.67. The molecule has 5 heteroatoms. The van der Waals surface area contributed by atoms with Gasteiger partial charge in [0.05, 0.1) is 12.0 Å². The van der Waals surface area contributed by atoms with Crippen LogP contribution in [0.4, 0.5) is 4.39 Å². The van der Waals surface area contributed by atoms with Crippen molar-refractivity contribution in [1.29, 1.82) is 0 Å². The highest BCUT2D eigenvalue weighted by Gasteiger charge is 2.15. The molecular formula is C10H8BrFO3. The summed E-state index contributed by atoms with van der Waals surface area (Å²) in [5, 5.41) is 8.39. The first-order valence-corrected chi connectivity index (χ1v) is 5.00. The third kappa shape index (κ3) is 3.13. The zero-order chi connectivity index (χ0) is 11.4. The molecule has 0 fully saturated rings. The van der Waals surface area contributed by atoms with E-state index in [1.165, 1.54) is 18.2 Å². The fraction of sp³-hybridized carbons (Fsp3) is 0.200. The molecule has 0 heterocycles. The predicted octanol–water partition coefficient (Wildman–Crippen LogP) is 2.64. The Kier molecular flexibility index (Phi) is 3.96. The minimum atomic E-state index is -1.07. The van der Waals surface area contributed by atoms with E-state index in [1.54, 1.807) is 0 Å². The van der Waals surface area contributed by atoms with Gasteiger partial charge in [-0.3, -0.25) is 9.59 Å². The van der Waals surface area contributed by atoms with Gasteiger partial charge < -0.3 is 5.11 Å². The SMILES string of the molecule is O=C(O)CCC(=O)c1c(F)cccc1Br. The highest BCUT2D eigenvalue weighted by molar-refractivity contribution is 9.10. The summed E-state index contributed by atoms with van der Waals surface area (Å²) < 4.78 is 13.6. The number of aliphatic carboxylic acids is 1. The van der Waals surface area contributed by atoms with Crippen molar-refractivity contribution in [3.8, 4) is 0 Å². The van der Waals surface area contributed by atoms with E-state index in [-0.39, 0.29) is 18.4 Å². The van der Waals surface area contributed by atoms with Crippen molar-refractivity contribution < 1.29 is 19.1 Å². The zero-order valence-corrected chi connectivity index (χ0v) is 9.25. The molecule has 15 heavy (non-hydrogen) atoms. The summed E-state index contributed by atoms with van der Waals surface area (Å²) in [6.07, 6.45) is -0.492. The average Bonchev–Trinajstić information content (AvgIpc) is 2.14. The lowest BCUT2D eigenvalue weighted by molar-refractivity contribution is -0.136. The van der Waals surface area contributed by atoms with Crippen LogP contribution in [0.1, 0.15) is 23.2 Å². The van der Waals surface area contributed by atoms with Crippen LogP contribution in [0.2, 0.25) is 0 Å². The van der Waals surface area contributed by atoms with Gasteiger partial charge in [-0.1, -0.05) is 6.07 Å². The van der Waals surface area contributed by atoms with Crippen molar-refractivity contribution in [3.63, 3.8) is 0 Å². The predicted molar refractivity (Wildman–Crippen MR) is 55.3 cm³/mol. The van der Waals surface area contributed by atoms with Crippen LogP contribution in [0, 0.1) is 5.82 Å². The van der Waals surface area contributed by atoms with Crippen LogP contribution in [0.3, 0.4) is 0 Å². The number of carbonyl (C=O) groups excluding carboxylic acids is 1. The van der Waals surface area contributed by atoms with Gasteiger partial charge in [0.15, 0.2) is 5.78 Å². The molecule has 0 aliphatic rings. The maximum atomic E-state index is 13.2. The number of halogens is 2. The maximum absolute atomic E-state index is 13.2. The summed E-state index contributed by atoms with van der Waals surface area (Å²) in [5.41, 5.74) is -0.0845. The standard InChI is InChI=1S/C10H8BrFO3/c11-6-2-1-3-7(12)10(6)8(13)4-5-9(14)15/h1-3H,4-5H2,(H,14,15). The van der Waals surface area contributed by atoms with Gasteiger partial charge in [0, 0.05) is 10.9 Å². The molecule has 0 saturated heterocycles. The molecule has 0 amide bonds. The number of Topliss-reactive ketones (excluding diaryl/α,β-unsaturated/α-hetero) is 1. The number of hydrogen-bond acceptors (Lipinski definition) is 2. The average molecular weight is 275 g/mol. The number of hydrogen-bond donors (Lipinski definition) is 1. The Morgan fingerprint density at radius 1 is 1.33 bits per heavy atom. The van der Waals surface area contributed by atoms with E-state index in [2.05, 4.69) is 15.9 Å². The van der Waals surface area contributed by atoms with Crippen molar-refractivity contribution in [3.05, 3.63) is 34.1 Å². The molecule has 0 spiro atoms. The number of carboxylic acid groups (broad SMARTS) is 1. The molecule has 0 saturated carbocycles. The first-order valence-electron chi connectivity index (χ1n) is 4.21. The molecule has 0 unspecified atom stereocenters. The lowest BCUT2D eigenvalue weighted by atomic mass is 10.1. The van der Waals surface area contributed by atoms with E-state index < -0.39 is 17.6 Å². The van der Waals surface area contributed by atoms with Gasteiger partial charge in [0.2, 0.25) is 0 Å². The topological polar surface area (TPSA) is 54.4 Å². The first-order chi connectivity index (χ1) is 7.02. The van der Waals surface area contributed by atoms with Gasteiger partial charge in [-0.2, -0.15) is 0 Å². The monoisotopic (exact) mass is 274 g/mol. The van der Waals surface area contributed by atoms with Gasteiger partial charge in [0.25, 0.3) is 0 Å². The maximum Gasteiger partial charge on any atom is 0.303 e. The molecule has 0 aliphatic heterocycles. The number of benzene rings is 1. The van der Waals surface area contributed by atoms with E-state index in [0.29, 0.717) is 4.47 Å². The molecule has 1 aromatic carbocycles. The molecule has 1 aromatic rings. The summed E-state index contributed by atoms with van der Waals surface area (Å²) in [6, 6.07) is 4.17. The van der Waals surface area contributed by atoms with E-state index in [1.807, 2.05) is 0 Å². The Bertz CT molecular complexity index is 383. The van der Waals surface area contributed by atoms with Crippen molar-refractivity contribution in [2.45, 2.75) is 12.8 Å². The highest BCUT2D eigenvalue weighted by Crippen LogP contribution is 2.21. The van der Waals surface area contributed by atoms with E-state index in [9.17, 15) is 14.0 Å². The van der Waals surface area contributed by atoms with Gasteiger partial charge in [0.1, 0.15) is 5.82 Å². The first kappa shape index (κ1) is 11.8. The summed E-state index contributed by atoms with van der Waals surface area (Å²) in [6.45, 7) is 0. The molecule has 80 valence electrons. The Labute approximate surface area is 94.0 Å². The number of rotatable bonds is 4. The Morgan fingerprint density at radius 2 is 2.00 bits per heavy atom. The quantitative estimate of drug-likeness (QED) is 0.859. The normalized spacial score (nSPS) is 10.0. The van der Waals surface area contributed by atoms with Gasteiger partial charge >= 0.3 is 5.97 Å². The van der Waals surface area contributed by atoms with Crippen LogP contribution in [0.15, 0.2) is 22.7 Å². The number of ketones is 1. The largest absolute Gasteiger partial charge is 0.481 e. The molecular weight excluding hydrogens is 267 g/mol. The summed E-state index contributed by atoms with van der Waals surface area (Å²) in [4.78, 5) is 21.7. The van der Waals surface area contributed by atoms with Crippen LogP contribution >= 0.6 is 15.9 Å². The number of carbonyl (C=O) groups is 2. The number of carboxylic acids is 1. The Morgan fingerprint density at radius 3 is 2.53 bits per heavy atom. The second-order valence-corrected chi connectivity index (χ2v) is 3.77. The van der Waals surface area contributed by atoms with Crippen LogP contribution < -0.4 is 0 Å². The summed E-state index contributed by atoms with van der Waals surface area (Å²) in [5.74, 6) is -2.22. The third-order valence-electron chi connectivity index (χ3n) is 1.81. The van der Waals surface area contributed by atoms with Crippen molar-refractivity contribution in [1.82, 2.24) is 0 Å². The van der Waals surface area contributed by atoms with E-state index in [4.69, 9.17) is 5.11 Å². The van der Waals surface area contributed by atoms with Gasteiger partial charge in [-0.05, 0) is 28.1 Å². The molecule has 0 radical (unpaired) electrons. The molecule has 0 aliphatic carbocycles. The molecule has 0 bridgehead atoms. The molecule has 0 atom stereocenters. The molecule has 1 N–H and O–H groups in total. The van der Waals surface area contributed by atoms with Crippen molar-refractivity contribution in [2.24, 2.45) is 0 Å². The van der Waals surface area contributed by atoms with Gasteiger partial charge in [-0.25, -0.2) is 4.39 Å². The second-order valence-electron chi connectivity index (χ2n) is 2.91. The highest BCUT2D eigenvalue weighted by atomic mass is 79.9. The smallest absolute Gasteiger partial charge is 0.303 e. The minimum absolute atomic E-state index is 0.0845. The van der Waals surface area contributed by atoms with Crippen molar-refractivity contribution >= 4 is 27.7 Å². The fourth-order valence-corrected chi connectivity index (χ4v) is 1.67. The molecule has 3 nitrogen and oxygen atoms in total. The van der Waals surface area contributed by atoms with E-state index >= 15 is 0 Å². The summed E-state index contributed by atoms with van der Waals surface area (Å²) in [7, 11) is 0. The summed E-state index contributed by atoms with van der Waals surface area (Å²) >= 11 is 3.05. The van der Waals surface area contributed by atoms with E-state index in [0.717, 1.165) is 0 Å². The Hall–Kier alpha value is -1.23. The molecule has 1 rings (SSSR count). The second kappa shape index (κ2) is 5.02.